The van der Waals surface area contributed by atoms with E-state index in [1.54, 1.807) is 0 Å². The Balaban J connectivity index is 0. The highest BCUT2D eigenvalue weighted by molar-refractivity contribution is 7.92. The van der Waals surface area contributed by atoms with E-state index in [0.29, 0.717) is 19.4 Å². The van der Waals surface area contributed by atoms with Gasteiger partial charge in [-0.15, -0.1) is 12.4 Å². The zero-order chi connectivity index (χ0) is 12.8. The van der Waals surface area contributed by atoms with E-state index in [2.05, 4.69) is 5.32 Å². The Morgan fingerprint density at radius 3 is 2.00 bits per heavy atom. The van der Waals surface area contributed by atoms with Crippen molar-refractivity contribution < 1.29 is 13.2 Å². The van der Waals surface area contributed by atoms with Gasteiger partial charge in [0.1, 0.15) is 5.75 Å². The lowest BCUT2D eigenvalue weighted by Crippen LogP contribution is -2.54. The summed E-state index contributed by atoms with van der Waals surface area (Å²) in [6.45, 7) is 5.69. The van der Waals surface area contributed by atoms with Crippen LogP contribution in [0.5, 0.6) is 0 Å². The minimum atomic E-state index is -3.27. The van der Waals surface area contributed by atoms with E-state index in [9.17, 15) is 13.2 Å². The van der Waals surface area contributed by atoms with Crippen molar-refractivity contribution in [3.05, 3.63) is 0 Å². The number of sulfone groups is 1. The van der Waals surface area contributed by atoms with Crippen LogP contribution in [0.25, 0.3) is 0 Å². The number of hydrogen-bond donors (Lipinski definition) is 2. The number of nitrogens with one attached hydrogen (secondary N) is 1. The van der Waals surface area contributed by atoms with Crippen LogP contribution in [0.2, 0.25) is 0 Å². The van der Waals surface area contributed by atoms with E-state index in [1.165, 1.54) is 6.92 Å². The highest BCUT2D eigenvalue weighted by Crippen LogP contribution is 2.13. The first kappa shape index (κ1) is 19.0. The maximum Gasteiger partial charge on any atom is 0.235 e. The molecule has 0 radical (unpaired) electrons. The summed E-state index contributed by atoms with van der Waals surface area (Å²) in [6, 6.07) is 0. The Kier molecular flexibility index (Phi) is 8.83. The lowest BCUT2D eigenvalue weighted by Gasteiger charge is -2.31. The second-order valence-electron chi connectivity index (χ2n) is 3.92. The third kappa shape index (κ3) is 6.24. The fraction of sp³-hybridized carbons (Fsp3) is 0.900. The fourth-order valence-electron chi connectivity index (χ4n) is 1.40. The van der Waals surface area contributed by atoms with Crippen molar-refractivity contribution in [2.45, 2.75) is 39.2 Å². The maximum atomic E-state index is 11.6. The lowest BCUT2D eigenvalue weighted by atomic mass is 9.93. The molecule has 0 rings (SSSR count). The second kappa shape index (κ2) is 7.89. The molecule has 104 valence electrons. The first-order valence-corrected chi connectivity index (χ1v) is 7.38. The number of carbonyl (C=O) groups is 1. The molecule has 0 heterocycles. The van der Waals surface area contributed by atoms with Crippen LogP contribution in [0, 0.1) is 0 Å². The zero-order valence-electron chi connectivity index (χ0n) is 10.7. The maximum absolute atomic E-state index is 11.6. The second-order valence-corrected chi connectivity index (χ2v) is 6.27. The van der Waals surface area contributed by atoms with Gasteiger partial charge in [0.25, 0.3) is 0 Å². The molecular weight excluding hydrogens is 264 g/mol. The van der Waals surface area contributed by atoms with Gasteiger partial charge in [-0.3, -0.25) is 4.79 Å². The third-order valence-corrected chi connectivity index (χ3v) is 4.52. The van der Waals surface area contributed by atoms with Gasteiger partial charge >= 0.3 is 0 Å². The number of carbonyl (C=O) groups excluding carboxylic acids is 1. The van der Waals surface area contributed by atoms with Gasteiger partial charge in [0.05, 0.1) is 5.54 Å². The lowest BCUT2D eigenvalue weighted by molar-refractivity contribution is -0.120. The Morgan fingerprint density at radius 1 is 1.24 bits per heavy atom. The molecule has 17 heavy (non-hydrogen) atoms. The molecule has 0 aromatic carbocycles. The van der Waals surface area contributed by atoms with Crippen LogP contribution in [0.3, 0.4) is 0 Å². The third-order valence-electron chi connectivity index (χ3n) is 2.94. The molecule has 0 aliphatic carbocycles. The Labute approximate surface area is 110 Å². The number of nitrogens with two attached hydrogens (primary N) is 1. The van der Waals surface area contributed by atoms with Gasteiger partial charge in [0.15, 0.2) is 9.84 Å². The number of halogens is 1. The summed E-state index contributed by atoms with van der Waals surface area (Å²) in [5.41, 5.74) is 5.14. The van der Waals surface area contributed by atoms with Gasteiger partial charge in [-0.25, -0.2) is 8.42 Å². The van der Waals surface area contributed by atoms with Gasteiger partial charge in [-0.1, -0.05) is 20.8 Å². The highest BCUT2D eigenvalue weighted by atomic mass is 35.5. The summed E-state index contributed by atoms with van der Waals surface area (Å²) < 4.78 is 22.5. The summed E-state index contributed by atoms with van der Waals surface area (Å²) in [5, 5.41) is 2.73. The van der Waals surface area contributed by atoms with Crippen molar-refractivity contribution in [1.82, 2.24) is 5.32 Å². The standard InChI is InChI=1S/C10H22N2O3S.ClH/c1-4-10(5-2,8-11)12-9(13)7-16(14,15)6-3;/h4-8,11H2,1-3H3,(H,12,13);1H. The van der Waals surface area contributed by atoms with Crippen molar-refractivity contribution in [3.63, 3.8) is 0 Å². The molecule has 0 fully saturated rings. The van der Waals surface area contributed by atoms with E-state index in [-0.39, 0.29) is 18.2 Å². The molecule has 0 atom stereocenters. The predicted molar refractivity (Wildman–Crippen MR) is 72.1 cm³/mol. The van der Waals surface area contributed by atoms with Gasteiger partial charge in [-0.05, 0) is 12.8 Å². The number of rotatable bonds is 7. The molecule has 0 aliphatic rings. The molecule has 0 bridgehead atoms. The smallest absolute Gasteiger partial charge is 0.235 e. The van der Waals surface area contributed by atoms with E-state index in [1.807, 2.05) is 13.8 Å². The van der Waals surface area contributed by atoms with Gasteiger partial charge in [0, 0.05) is 12.3 Å². The predicted octanol–water partition coefficient (Wildman–Crippen LogP) is 0.477. The largest absolute Gasteiger partial charge is 0.349 e. The Morgan fingerprint density at radius 2 is 1.71 bits per heavy atom. The van der Waals surface area contributed by atoms with Crippen LogP contribution in [0.1, 0.15) is 33.6 Å². The fourth-order valence-corrected chi connectivity index (χ4v) is 2.08. The van der Waals surface area contributed by atoms with Crippen LogP contribution in [0.4, 0.5) is 0 Å². The highest BCUT2D eigenvalue weighted by Gasteiger charge is 2.27. The number of amides is 1. The molecule has 0 aromatic heterocycles. The summed E-state index contributed by atoms with van der Waals surface area (Å²) >= 11 is 0. The molecule has 0 unspecified atom stereocenters. The minimum absolute atomic E-state index is 0. The minimum Gasteiger partial charge on any atom is -0.349 e. The van der Waals surface area contributed by atoms with Gasteiger partial charge < -0.3 is 11.1 Å². The Bertz CT molecular complexity index is 318. The van der Waals surface area contributed by atoms with Gasteiger partial charge in [0.2, 0.25) is 5.91 Å². The van der Waals surface area contributed by atoms with E-state index in [0.717, 1.165) is 0 Å². The summed E-state index contributed by atoms with van der Waals surface area (Å²) in [6.07, 6.45) is 1.38. The van der Waals surface area contributed by atoms with Crippen LogP contribution in [0.15, 0.2) is 0 Å². The SMILES string of the molecule is CCC(CC)(CN)NC(=O)CS(=O)(=O)CC.Cl. The molecule has 0 saturated heterocycles. The van der Waals surface area contributed by atoms with E-state index >= 15 is 0 Å². The first-order valence-electron chi connectivity index (χ1n) is 5.56. The van der Waals surface area contributed by atoms with Crippen LogP contribution in [-0.2, 0) is 14.6 Å². The van der Waals surface area contributed by atoms with Crippen LogP contribution >= 0.6 is 12.4 Å². The molecule has 7 heteroatoms. The monoisotopic (exact) mass is 286 g/mol. The summed E-state index contributed by atoms with van der Waals surface area (Å²) in [5.74, 6) is -0.935. The quantitative estimate of drug-likeness (QED) is 0.712. The normalized spacial score (nSPS) is 11.8. The molecule has 0 saturated carbocycles. The molecule has 5 nitrogen and oxygen atoms in total. The Hall–Kier alpha value is -0.330. The molecule has 1 amide bonds. The van der Waals surface area contributed by atoms with E-state index < -0.39 is 27.0 Å². The van der Waals surface area contributed by atoms with Crippen molar-refractivity contribution in [3.8, 4) is 0 Å². The molecule has 0 spiro atoms. The molecular formula is C10H23ClN2O3S. The summed E-state index contributed by atoms with van der Waals surface area (Å²) in [7, 11) is -3.27. The van der Waals surface area contributed by atoms with Crippen LogP contribution < -0.4 is 11.1 Å². The average molecular weight is 287 g/mol. The van der Waals surface area contributed by atoms with Crippen LogP contribution in [-0.4, -0.2) is 37.9 Å². The number of hydrogen-bond acceptors (Lipinski definition) is 4. The topological polar surface area (TPSA) is 89.3 Å². The van der Waals surface area contributed by atoms with Crippen molar-refractivity contribution in [2.24, 2.45) is 5.73 Å². The zero-order valence-corrected chi connectivity index (χ0v) is 12.3. The van der Waals surface area contributed by atoms with E-state index in [4.69, 9.17) is 5.73 Å². The van der Waals surface area contributed by atoms with Crippen molar-refractivity contribution >= 4 is 28.2 Å². The first-order chi connectivity index (χ1) is 7.34. The van der Waals surface area contributed by atoms with Gasteiger partial charge in [-0.2, -0.15) is 0 Å². The molecule has 3 N–H and O–H groups in total. The molecule has 0 aliphatic heterocycles. The average Bonchev–Trinajstić information content (AvgIpc) is 2.25. The van der Waals surface area contributed by atoms with Crippen molar-refractivity contribution in [2.75, 3.05) is 18.1 Å². The molecule has 0 aromatic rings. The van der Waals surface area contributed by atoms with Crippen molar-refractivity contribution in [1.29, 1.82) is 0 Å². The summed E-state index contributed by atoms with van der Waals surface area (Å²) in [4.78, 5) is 11.6.